The molecule has 0 atom stereocenters. The van der Waals surface area contributed by atoms with Gasteiger partial charge in [0.15, 0.2) is 16.7 Å². The van der Waals surface area contributed by atoms with Gasteiger partial charge in [-0.1, -0.05) is 24.3 Å². The number of rotatable bonds is 3. The second-order valence-electron chi connectivity index (χ2n) is 5.84. The monoisotopic (exact) mass is 354 g/mol. The van der Waals surface area contributed by atoms with Crippen molar-refractivity contribution in [2.24, 2.45) is 4.99 Å². The summed E-state index contributed by atoms with van der Waals surface area (Å²) in [6, 6.07) is 13.9. The van der Waals surface area contributed by atoms with Gasteiger partial charge in [-0.25, -0.2) is 0 Å². The maximum Gasteiger partial charge on any atom is 0.271 e. The molecule has 0 saturated carbocycles. The highest BCUT2D eigenvalue weighted by atomic mass is 32.2. The van der Waals surface area contributed by atoms with E-state index >= 15 is 0 Å². The van der Waals surface area contributed by atoms with E-state index in [1.165, 1.54) is 23.9 Å². The summed E-state index contributed by atoms with van der Waals surface area (Å²) in [5.41, 5.74) is 1.39. The van der Waals surface area contributed by atoms with E-state index < -0.39 is 0 Å². The highest BCUT2D eigenvalue weighted by Gasteiger charge is 2.34. The molecule has 0 spiro atoms. The van der Waals surface area contributed by atoms with Crippen LogP contribution in [0.3, 0.4) is 0 Å². The summed E-state index contributed by atoms with van der Waals surface area (Å²) in [6.45, 7) is 3.92. The Bertz CT molecular complexity index is 860. The van der Waals surface area contributed by atoms with Crippen molar-refractivity contribution in [1.82, 2.24) is 0 Å². The molecule has 1 heterocycles. The second kappa shape index (κ2) is 7.03. The van der Waals surface area contributed by atoms with Crippen LogP contribution in [0.4, 0.5) is 5.69 Å². The third-order valence-electron chi connectivity index (χ3n) is 3.49. The predicted molar refractivity (Wildman–Crippen MR) is 102 cm³/mol. The van der Waals surface area contributed by atoms with Gasteiger partial charge in [0.05, 0.1) is 10.6 Å². The molecule has 2 N–H and O–H groups in total. The number of aromatic hydroxyl groups is 2. The molecular weight excluding hydrogens is 336 g/mol. The first-order chi connectivity index (χ1) is 12.0. The van der Waals surface area contributed by atoms with Crippen molar-refractivity contribution in [3.05, 3.63) is 59.0 Å². The van der Waals surface area contributed by atoms with Crippen molar-refractivity contribution < 1.29 is 15.0 Å². The van der Waals surface area contributed by atoms with Gasteiger partial charge in [-0.05, 0) is 61.5 Å². The van der Waals surface area contributed by atoms with Gasteiger partial charge >= 0.3 is 0 Å². The Morgan fingerprint density at radius 3 is 2.44 bits per heavy atom. The molecule has 5 nitrogen and oxygen atoms in total. The van der Waals surface area contributed by atoms with E-state index in [0.717, 1.165) is 5.69 Å². The highest BCUT2D eigenvalue weighted by molar-refractivity contribution is 8.19. The summed E-state index contributed by atoms with van der Waals surface area (Å²) in [5, 5.41) is 19.7. The number of nitrogens with zero attached hydrogens (tertiary/aromatic N) is 2. The molecule has 1 saturated heterocycles. The average Bonchev–Trinajstić information content (AvgIpc) is 2.86. The smallest absolute Gasteiger partial charge is 0.271 e. The Balaban J connectivity index is 2.01. The lowest BCUT2D eigenvalue weighted by atomic mass is 10.2. The molecular formula is C19H18N2O3S. The summed E-state index contributed by atoms with van der Waals surface area (Å²) in [7, 11) is 0. The van der Waals surface area contributed by atoms with Crippen LogP contribution in [0.25, 0.3) is 6.08 Å². The quantitative estimate of drug-likeness (QED) is 0.646. The first-order valence-electron chi connectivity index (χ1n) is 7.84. The summed E-state index contributed by atoms with van der Waals surface area (Å²) in [5.74, 6) is -0.579. The Kier molecular flexibility index (Phi) is 4.81. The molecule has 1 aliphatic rings. The van der Waals surface area contributed by atoms with E-state index in [-0.39, 0.29) is 23.4 Å². The van der Waals surface area contributed by atoms with Crippen LogP contribution >= 0.6 is 11.8 Å². The predicted octanol–water partition coefficient (Wildman–Crippen LogP) is 3.98. The zero-order chi connectivity index (χ0) is 18.0. The van der Waals surface area contributed by atoms with Gasteiger partial charge in [0.2, 0.25) is 0 Å². The first kappa shape index (κ1) is 17.1. The van der Waals surface area contributed by atoms with Crippen LogP contribution in [0.2, 0.25) is 0 Å². The van der Waals surface area contributed by atoms with E-state index in [9.17, 15) is 15.0 Å². The Labute approximate surface area is 150 Å². The van der Waals surface area contributed by atoms with Crippen LogP contribution in [0.15, 0.2) is 58.4 Å². The average molecular weight is 354 g/mol. The van der Waals surface area contributed by atoms with Crippen LogP contribution in [0.5, 0.6) is 11.5 Å². The van der Waals surface area contributed by atoms with Crippen molar-refractivity contribution in [2.45, 2.75) is 19.9 Å². The molecule has 2 aromatic rings. The molecule has 1 fully saturated rings. The lowest BCUT2D eigenvalue weighted by Gasteiger charge is -2.16. The first-order valence-corrected chi connectivity index (χ1v) is 8.66. The lowest BCUT2D eigenvalue weighted by Crippen LogP contribution is -2.29. The minimum absolute atomic E-state index is 0.0542. The van der Waals surface area contributed by atoms with Crippen molar-refractivity contribution in [3.8, 4) is 11.5 Å². The number of carbonyl (C=O) groups excluding carboxylic acids is 1. The van der Waals surface area contributed by atoms with Gasteiger partial charge in [-0.2, -0.15) is 0 Å². The zero-order valence-electron chi connectivity index (χ0n) is 13.9. The number of aliphatic imine (C=N–C) groups is 1. The molecule has 25 heavy (non-hydrogen) atoms. The summed E-state index contributed by atoms with van der Waals surface area (Å²) >= 11 is 1.30. The molecule has 0 unspecified atom stereocenters. The molecule has 6 heteroatoms. The number of hydrogen-bond acceptors (Lipinski definition) is 5. The maximum atomic E-state index is 12.9. The number of amidine groups is 1. The third-order valence-corrected chi connectivity index (χ3v) is 4.47. The maximum absolute atomic E-state index is 12.9. The van der Waals surface area contributed by atoms with Crippen molar-refractivity contribution >= 4 is 34.6 Å². The summed E-state index contributed by atoms with van der Waals surface area (Å²) in [6.07, 6.45) is 1.69. The summed E-state index contributed by atoms with van der Waals surface area (Å²) < 4.78 is 0. The molecule has 0 bridgehead atoms. The number of carbonyl (C=O) groups is 1. The number of phenolic OH excluding ortho intramolecular Hbond substituents is 2. The van der Waals surface area contributed by atoms with Crippen LogP contribution in [-0.4, -0.2) is 27.3 Å². The van der Waals surface area contributed by atoms with E-state index in [1.54, 1.807) is 17.0 Å². The van der Waals surface area contributed by atoms with Crippen molar-refractivity contribution in [3.63, 3.8) is 0 Å². The van der Waals surface area contributed by atoms with Crippen LogP contribution in [0.1, 0.15) is 19.4 Å². The van der Waals surface area contributed by atoms with Crippen LogP contribution < -0.4 is 4.90 Å². The topological polar surface area (TPSA) is 73.1 Å². The molecule has 2 aromatic carbocycles. The fraction of sp³-hybridized carbons (Fsp3) is 0.158. The second-order valence-corrected chi connectivity index (χ2v) is 6.85. The van der Waals surface area contributed by atoms with Gasteiger partial charge < -0.3 is 10.2 Å². The zero-order valence-corrected chi connectivity index (χ0v) is 14.7. The number of hydrogen-bond donors (Lipinski definition) is 2. The van der Waals surface area contributed by atoms with Crippen molar-refractivity contribution in [1.29, 1.82) is 0 Å². The standard InChI is InChI=1S/C19H18N2O3S/c1-12(2)20-19-21(14-6-4-3-5-7-14)18(24)17(25-19)11-13-8-9-15(22)16(23)10-13/h3-12,22-23H,1-2H3/b17-11-,20-19?. The number of benzene rings is 2. The normalized spacial score (nSPS) is 17.9. The number of amides is 1. The molecule has 0 aromatic heterocycles. The molecule has 1 amide bonds. The molecule has 0 aliphatic carbocycles. The van der Waals surface area contributed by atoms with Gasteiger partial charge in [0, 0.05) is 6.04 Å². The van der Waals surface area contributed by atoms with E-state index in [2.05, 4.69) is 4.99 Å². The molecule has 128 valence electrons. The number of thioether (sulfide) groups is 1. The van der Waals surface area contributed by atoms with Crippen LogP contribution in [0, 0.1) is 0 Å². The minimum atomic E-state index is -0.221. The van der Waals surface area contributed by atoms with Gasteiger partial charge in [-0.15, -0.1) is 0 Å². The van der Waals surface area contributed by atoms with E-state index in [1.807, 2.05) is 44.2 Å². The molecule has 0 radical (unpaired) electrons. The number of anilines is 1. The van der Waals surface area contributed by atoms with Gasteiger partial charge in [0.1, 0.15) is 0 Å². The van der Waals surface area contributed by atoms with E-state index in [4.69, 9.17) is 0 Å². The largest absolute Gasteiger partial charge is 0.504 e. The highest BCUT2D eigenvalue weighted by Crippen LogP contribution is 2.37. The number of para-hydroxylation sites is 1. The molecule has 3 rings (SSSR count). The Morgan fingerprint density at radius 2 is 1.80 bits per heavy atom. The fourth-order valence-corrected chi connectivity index (χ4v) is 3.48. The third kappa shape index (κ3) is 3.69. The number of phenols is 2. The Hall–Kier alpha value is -2.73. The lowest BCUT2D eigenvalue weighted by molar-refractivity contribution is -0.113. The Morgan fingerprint density at radius 1 is 1.08 bits per heavy atom. The van der Waals surface area contributed by atoms with Gasteiger partial charge in [0.25, 0.3) is 5.91 Å². The van der Waals surface area contributed by atoms with Gasteiger partial charge in [-0.3, -0.25) is 14.7 Å². The molecule has 1 aliphatic heterocycles. The van der Waals surface area contributed by atoms with E-state index in [0.29, 0.717) is 15.6 Å². The fourth-order valence-electron chi connectivity index (χ4n) is 2.37. The SMILES string of the molecule is CC(C)N=C1S/C(=C\c2ccc(O)c(O)c2)C(=O)N1c1ccccc1. The minimum Gasteiger partial charge on any atom is -0.504 e. The summed E-state index contributed by atoms with van der Waals surface area (Å²) in [4.78, 5) is 19.6. The van der Waals surface area contributed by atoms with Crippen molar-refractivity contribution in [2.75, 3.05) is 4.90 Å². The van der Waals surface area contributed by atoms with Crippen LogP contribution in [-0.2, 0) is 4.79 Å².